The Morgan fingerprint density at radius 3 is 2.71 bits per heavy atom. The lowest BCUT2D eigenvalue weighted by molar-refractivity contribution is -0.111. The Kier molecular flexibility index (Phi) is 4.96. The highest BCUT2D eigenvalue weighted by atomic mass is 16.3. The van der Waals surface area contributed by atoms with Crippen LogP contribution in [0.15, 0.2) is 29.4 Å². The summed E-state index contributed by atoms with van der Waals surface area (Å²) >= 11 is 0. The predicted octanol–water partition coefficient (Wildman–Crippen LogP) is 0.979. The Morgan fingerprint density at radius 2 is 2.06 bits per heavy atom. The van der Waals surface area contributed by atoms with Crippen molar-refractivity contribution in [3.63, 3.8) is 0 Å². The molecule has 1 amide bonds. The van der Waals surface area contributed by atoms with E-state index in [0.29, 0.717) is 17.8 Å². The fourth-order valence-corrected chi connectivity index (χ4v) is 1.34. The van der Waals surface area contributed by atoms with Crippen molar-refractivity contribution in [3.8, 4) is 0 Å². The van der Waals surface area contributed by atoms with Crippen LogP contribution in [-0.2, 0) is 4.79 Å². The van der Waals surface area contributed by atoms with Crippen LogP contribution in [0.2, 0.25) is 0 Å². The van der Waals surface area contributed by atoms with Crippen molar-refractivity contribution in [2.45, 2.75) is 0 Å². The number of nitrogens with zero attached hydrogens (tertiary/aromatic N) is 1. The minimum Gasteiger partial charge on any atom is -0.383 e. The summed E-state index contributed by atoms with van der Waals surface area (Å²) in [5, 5.41) is 15.9. The number of rotatable bonds is 6. The van der Waals surface area contributed by atoms with Crippen LogP contribution in [0, 0.1) is 10.3 Å². The zero-order valence-corrected chi connectivity index (χ0v) is 9.49. The molecule has 0 aliphatic rings. The molecular weight excluding hydrogens is 220 g/mol. The Balaban J connectivity index is 2.87. The van der Waals surface area contributed by atoms with Gasteiger partial charge in [-0.15, -0.1) is 4.91 Å². The number of anilines is 1. The molecule has 17 heavy (non-hydrogen) atoms. The highest BCUT2D eigenvalue weighted by molar-refractivity contribution is 6.45. The third-order valence-corrected chi connectivity index (χ3v) is 2.18. The number of likely N-dealkylation sites (N-methyl/N-ethyl adjacent to an activating group) is 1. The summed E-state index contributed by atoms with van der Waals surface area (Å²) in [7, 11) is 1.83. The molecule has 6 heteroatoms. The van der Waals surface area contributed by atoms with Gasteiger partial charge in [-0.2, -0.15) is 0 Å². The van der Waals surface area contributed by atoms with E-state index in [4.69, 9.17) is 5.41 Å². The number of nitrogens with one attached hydrogen (secondary N) is 3. The molecule has 3 N–H and O–H groups in total. The summed E-state index contributed by atoms with van der Waals surface area (Å²) in [6.07, 6.45) is 0. The van der Waals surface area contributed by atoms with Crippen molar-refractivity contribution in [1.82, 2.24) is 5.32 Å². The molecule has 0 atom stereocenters. The van der Waals surface area contributed by atoms with Gasteiger partial charge in [0.15, 0.2) is 0 Å². The summed E-state index contributed by atoms with van der Waals surface area (Å²) < 4.78 is 0. The van der Waals surface area contributed by atoms with E-state index in [1.54, 1.807) is 24.3 Å². The molecule has 0 aliphatic carbocycles. The summed E-state index contributed by atoms with van der Waals surface area (Å²) in [4.78, 5) is 21.2. The van der Waals surface area contributed by atoms with Gasteiger partial charge in [0.1, 0.15) is 5.71 Å². The molecule has 0 heterocycles. The van der Waals surface area contributed by atoms with Gasteiger partial charge in [-0.25, -0.2) is 0 Å². The number of carbonyl (C=O) groups is 1. The molecule has 0 saturated carbocycles. The largest absolute Gasteiger partial charge is 0.383 e. The van der Waals surface area contributed by atoms with E-state index in [1.807, 2.05) is 7.05 Å². The fourth-order valence-electron chi connectivity index (χ4n) is 1.34. The molecule has 0 spiro atoms. The lowest BCUT2D eigenvalue weighted by atomic mass is 10.1. The molecule has 1 aromatic rings. The first-order valence-corrected chi connectivity index (χ1v) is 5.14. The maximum absolute atomic E-state index is 11.1. The van der Waals surface area contributed by atoms with Gasteiger partial charge in [-0.05, 0) is 13.1 Å². The molecular formula is C11H14N4O2. The SMILES string of the molecule is CNCCNc1ccccc1C(=N)C(=O)N=O. The molecule has 1 rings (SSSR count). The van der Waals surface area contributed by atoms with Crippen molar-refractivity contribution >= 4 is 17.3 Å². The first-order valence-electron chi connectivity index (χ1n) is 5.14. The van der Waals surface area contributed by atoms with Crippen molar-refractivity contribution in [2.75, 3.05) is 25.5 Å². The van der Waals surface area contributed by atoms with Crippen LogP contribution in [0.3, 0.4) is 0 Å². The first kappa shape index (κ1) is 13.0. The maximum Gasteiger partial charge on any atom is 0.334 e. The molecule has 0 bridgehead atoms. The molecule has 0 radical (unpaired) electrons. The van der Waals surface area contributed by atoms with E-state index in [9.17, 15) is 9.70 Å². The monoisotopic (exact) mass is 234 g/mol. The van der Waals surface area contributed by atoms with Crippen LogP contribution in [0.1, 0.15) is 5.56 Å². The average Bonchev–Trinajstić information content (AvgIpc) is 2.38. The second-order valence-electron chi connectivity index (χ2n) is 3.35. The highest BCUT2D eigenvalue weighted by Crippen LogP contribution is 2.15. The molecule has 0 unspecified atom stereocenters. The third-order valence-electron chi connectivity index (χ3n) is 2.18. The van der Waals surface area contributed by atoms with Gasteiger partial charge in [0.2, 0.25) is 0 Å². The normalized spacial score (nSPS) is 9.71. The van der Waals surface area contributed by atoms with E-state index in [0.717, 1.165) is 6.54 Å². The summed E-state index contributed by atoms with van der Waals surface area (Å²) in [6, 6.07) is 6.84. The first-order chi connectivity index (χ1) is 8.20. The van der Waals surface area contributed by atoms with Crippen LogP contribution in [0.4, 0.5) is 5.69 Å². The van der Waals surface area contributed by atoms with Gasteiger partial charge in [0.25, 0.3) is 0 Å². The van der Waals surface area contributed by atoms with Crippen molar-refractivity contribution in [1.29, 1.82) is 5.41 Å². The van der Waals surface area contributed by atoms with Crippen LogP contribution in [-0.4, -0.2) is 31.8 Å². The molecule has 0 saturated heterocycles. The lowest BCUT2D eigenvalue weighted by Gasteiger charge is -2.10. The van der Waals surface area contributed by atoms with Crippen LogP contribution in [0.5, 0.6) is 0 Å². The van der Waals surface area contributed by atoms with E-state index < -0.39 is 11.6 Å². The zero-order valence-electron chi connectivity index (χ0n) is 9.49. The zero-order chi connectivity index (χ0) is 12.7. The van der Waals surface area contributed by atoms with Crippen LogP contribution in [0.25, 0.3) is 0 Å². The molecule has 6 nitrogen and oxygen atoms in total. The van der Waals surface area contributed by atoms with Crippen LogP contribution >= 0.6 is 0 Å². The number of hydrogen-bond donors (Lipinski definition) is 3. The molecule has 0 fully saturated rings. The molecule has 1 aromatic carbocycles. The maximum atomic E-state index is 11.1. The standard InChI is InChI=1S/C11H14N4O2/c1-13-6-7-14-9-5-3-2-4-8(9)10(12)11(16)15-17/h2-5,12-14H,6-7H2,1H3. The topological polar surface area (TPSA) is 94.4 Å². The van der Waals surface area contributed by atoms with Gasteiger partial charge in [-0.3, -0.25) is 10.2 Å². The molecule has 90 valence electrons. The fraction of sp³-hybridized carbons (Fsp3) is 0.273. The minimum absolute atomic E-state index is 0.383. The van der Waals surface area contributed by atoms with Crippen molar-refractivity contribution in [2.24, 2.45) is 5.18 Å². The number of amides is 1. The number of para-hydroxylation sites is 1. The number of carbonyl (C=O) groups excluding carboxylic acids is 1. The van der Waals surface area contributed by atoms with Crippen molar-refractivity contribution in [3.05, 3.63) is 34.7 Å². The third kappa shape index (κ3) is 3.46. The Bertz CT molecular complexity index is 431. The van der Waals surface area contributed by atoms with Gasteiger partial charge >= 0.3 is 5.91 Å². The second-order valence-corrected chi connectivity index (χ2v) is 3.35. The molecule has 0 aromatic heterocycles. The quantitative estimate of drug-likeness (QED) is 0.388. The van der Waals surface area contributed by atoms with E-state index in [2.05, 4.69) is 15.8 Å². The number of hydrogen-bond acceptors (Lipinski definition) is 5. The summed E-state index contributed by atoms with van der Waals surface area (Å²) in [6.45, 7) is 1.41. The van der Waals surface area contributed by atoms with Gasteiger partial charge < -0.3 is 10.6 Å². The van der Waals surface area contributed by atoms with Gasteiger partial charge in [-0.1, -0.05) is 18.2 Å². The minimum atomic E-state index is -1.06. The smallest absolute Gasteiger partial charge is 0.334 e. The van der Waals surface area contributed by atoms with Crippen molar-refractivity contribution < 1.29 is 4.79 Å². The Hall–Kier alpha value is -2.08. The summed E-state index contributed by atoms with van der Waals surface area (Å²) in [5.41, 5.74) is 0.630. The van der Waals surface area contributed by atoms with Gasteiger partial charge in [0.05, 0.1) is 0 Å². The molecule has 0 aliphatic heterocycles. The van der Waals surface area contributed by atoms with Gasteiger partial charge in [0, 0.05) is 29.5 Å². The van der Waals surface area contributed by atoms with Crippen LogP contribution < -0.4 is 10.6 Å². The number of benzene rings is 1. The highest BCUT2D eigenvalue weighted by Gasteiger charge is 2.15. The number of nitroso groups, excluding NO2 is 1. The van der Waals surface area contributed by atoms with E-state index >= 15 is 0 Å². The summed E-state index contributed by atoms with van der Waals surface area (Å²) in [5.74, 6) is -1.06. The lowest BCUT2D eigenvalue weighted by Crippen LogP contribution is -2.20. The Morgan fingerprint density at radius 1 is 1.35 bits per heavy atom. The van der Waals surface area contributed by atoms with E-state index in [1.165, 1.54) is 0 Å². The van der Waals surface area contributed by atoms with E-state index in [-0.39, 0.29) is 0 Å². The predicted molar refractivity (Wildman–Crippen MR) is 66.5 cm³/mol. The Labute approximate surface area is 98.9 Å². The second kappa shape index (κ2) is 6.49. The average molecular weight is 234 g/mol.